The van der Waals surface area contributed by atoms with Gasteiger partial charge in [0, 0.05) is 16.9 Å². The zero-order chi connectivity index (χ0) is 17.0. The summed E-state index contributed by atoms with van der Waals surface area (Å²) < 4.78 is 0. The molecule has 23 heavy (non-hydrogen) atoms. The van der Waals surface area contributed by atoms with E-state index < -0.39 is 6.04 Å². The van der Waals surface area contributed by atoms with Crippen LogP contribution in [0.3, 0.4) is 0 Å². The van der Waals surface area contributed by atoms with Gasteiger partial charge < -0.3 is 10.2 Å². The van der Waals surface area contributed by atoms with Gasteiger partial charge in [0.15, 0.2) is 0 Å². The molecule has 1 aliphatic rings. The largest absolute Gasteiger partial charge is 0.350 e. The maximum absolute atomic E-state index is 12.7. The second kappa shape index (κ2) is 7.05. The van der Waals surface area contributed by atoms with E-state index in [9.17, 15) is 9.59 Å². The van der Waals surface area contributed by atoms with Gasteiger partial charge in [-0.05, 0) is 38.5 Å². The Hall–Kier alpha value is -2.00. The minimum Gasteiger partial charge on any atom is -0.350 e. The van der Waals surface area contributed by atoms with Crippen molar-refractivity contribution < 1.29 is 9.59 Å². The monoisotopic (exact) mass is 331 g/mol. The van der Waals surface area contributed by atoms with Gasteiger partial charge in [-0.15, -0.1) is 11.8 Å². The quantitative estimate of drug-likeness (QED) is 0.921. The first-order valence-electron chi connectivity index (χ1n) is 7.48. The number of amides is 2. The van der Waals surface area contributed by atoms with E-state index in [4.69, 9.17) is 5.26 Å². The second-order valence-electron chi connectivity index (χ2n) is 6.57. The maximum Gasteiger partial charge on any atom is 0.255 e. The van der Waals surface area contributed by atoms with Crippen LogP contribution in [-0.4, -0.2) is 39.9 Å². The molecule has 1 aromatic rings. The number of benzene rings is 1. The van der Waals surface area contributed by atoms with E-state index in [1.807, 2.05) is 26.8 Å². The molecule has 1 aromatic carbocycles. The van der Waals surface area contributed by atoms with Crippen LogP contribution in [0.4, 0.5) is 0 Å². The summed E-state index contributed by atoms with van der Waals surface area (Å²) in [4.78, 5) is 26.8. The van der Waals surface area contributed by atoms with Crippen LogP contribution in [0.5, 0.6) is 0 Å². The maximum atomic E-state index is 12.7. The van der Waals surface area contributed by atoms with Crippen LogP contribution >= 0.6 is 11.8 Å². The van der Waals surface area contributed by atoms with Crippen LogP contribution in [0, 0.1) is 11.3 Å². The van der Waals surface area contributed by atoms with Gasteiger partial charge >= 0.3 is 0 Å². The average molecular weight is 331 g/mol. The normalized spacial score (nSPS) is 17.7. The molecule has 1 N–H and O–H groups in total. The molecule has 6 heteroatoms. The van der Waals surface area contributed by atoms with Crippen molar-refractivity contribution >= 4 is 23.6 Å². The summed E-state index contributed by atoms with van der Waals surface area (Å²) in [6.07, 6.45) is 0.268. The van der Waals surface area contributed by atoms with Crippen molar-refractivity contribution in [3.63, 3.8) is 0 Å². The number of carbonyl (C=O) groups excluding carboxylic acids is 2. The van der Waals surface area contributed by atoms with Crippen molar-refractivity contribution in [3.8, 4) is 6.07 Å². The van der Waals surface area contributed by atoms with E-state index >= 15 is 0 Å². The molecule has 0 aromatic heterocycles. The summed E-state index contributed by atoms with van der Waals surface area (Å²) in [5, 5.41) is 11.7. The predicted molar refractivity (Wildman–Crippen MR) is 90.9 cm³/mol. The molecule has 0 saturated carbocycles. The Balaban J connectivity index is 2.16. The first-order chi connectivity index (χ1) is 10.8. The van der Waals surface area contributed by atoms with E-state index in [-0.39, 0.29) is 23.8 Å². The molecule has 122 valence electrons. The Morgan fingerprint density at radius 3 is 2.83 bits per heavy atom. The molecule has 1 heterocycles. The molecule has 1 fully saturated rings. The molecule has 1 saturated heterocycles. The summed E-state index contributed by atoms with van der Waals surface area (Å²) in [5.41, 5.74) is 1.00. The van der Waals surface area contributed by atoms with Crippen LogP contribution in [-0.2, 0) is 11.2 Å². The van der Waals surface area contributed by atoms with Crippen molar-refractivity contribution in [2.45, 2.75) is 38.8 Å². The van der Waals surface area contributed by atoms with Crippen molar-refractivity contribution in [2.24, 2.45) is 0 Å². The Bertz CT molecular complexity index is 646. The van der Waals surface area contributed by atoms with Crippen LogP contribution in [0.2, 0.25) is 0 Å². The van der Waals surface area contributed by atoms with E-state index in [0.717, 1.165) is 5.56 Å². The molecule has 2 amide bonds. The fraction of sp³-hybridized carbons (Fsp3) is 0.471. The number of hydrogen-bond acceptors (Lipinski definition) is 4. The summed E-state index contributed by atoms with van der Waals surface area (Å²) in [7, 11) is 0. The number of carbonyl (C=O) groups is 2. The van der Waals surface area contributed by atoms with Crippen molar-refractivity contribution in [1.82, 2.24) is 10.2 Å². The van der Waals surface area contributed by atoms with Crippen LogP contribution < -0.4 is 5.32 Å². The molecular weight excluding hydrogens is 310 g/mol. The van der Waals surface area contributed by atoms with Crippen LogP contribution in [0.1, 0.15) is 36.7 Å². The van der Waals surface area contributed by atoms with E-state index in [1.165, 1.54) is 0 Å². The van der Waals surface area contributed by atoms with Gasteiger partial charge in [0.05, 0.1) is 18.4 Å². The van der Waals surface area contributed by atoms with Crippen molar-refractivity contribution in [1.29, 1.82) is 5.26 Å². The van der Waals surface area contributed by atoms with Gasteiger partial charge in [0.2, 0.25) is 5.91 Å². The number of hydrogen-bond donors (Lipinski definition) is 1. The molecule has 0 aliphatic carbocycles. The molecular formula is C17H21N3O2S. The summed E-state index contributed by atoms with van der Waals surface area (Å²) in [5.74, 6) is 0.822. The minimum atomic E-state index is -0.452. The van der Waals surface area contributed by atoms with E-state index in [2.05, 4.69) is 11.4 Å². The zero-order valence-electron chi connectivity index (χ0n) is 13.6. The first kappa shape index (κ1) is 17.4. The molecule has 0 unspecified atom stereocenters. The Morgan fingerprint density at radius 2 is 2.17 bits per heavy atom. The van der Waals surface area contributed by atoms with Crippen molar-refractivity contribution in [2.75, 3.05) is 11.6 Å². The highest BCUT2D eigenvalue weighted by molar-refractivity contribution is 7.99. The lowest BCUT2D eigenvalue weighted by molar-refractivity contribution is -0.125. The third-order valence-corrected chi connectivity index (χ3v) is 4.41. The highest BCUT2D eigenvalue weighted by Gasteiger charge is 2.36. The van der Waals surface area contributed by atoms with Gasteiger partial charge in [-0.3, -0.25) is 9.59 Å². The summed E-state index contributed by atoms with van der Waals surface area (Å²) in [6, 6.07) is 8.68. The molecule has 0 radical (unpaired) electrons. The topological polar surface area (TPSA) is 73.2 Å². The van der Waals surface area contributed by atoms with E-state index in [0.29, 0.717) is 17.2 Å². The molecule has 1 atom stereocenters. The molecule has 0 spiro atoms. The smallest absolute Gasteiger partial charge is 0.255 e. The lowest BCUT2D eigenvalue weighted by Crippen LogP contribution is -2.52. The Kier molecular flexibility index (Phi) is 5.32. The molecule has 0 bridgehead atoms. The van der Waals surface area contributed by atoms with Gasteiger partial charge in [-0.2, -0.15) is 5.26 Å². The SMILES string of the molecule is CC(C)(C)NC(=O)[C@H]1CSCN1C(=O)c1cccc(CC#N)c1. The molecule has 2 rings (SSSR count). The first-order valence-corrected chi connectivity index (χ1v) is 8.64. The van der Waals surface area contributed by atoms with Gasteiger partial charge in [0.1, 0.15) is 6.04 Å². The highest BCUT2D eigenvalue weighted by Crippen LogP contribution is 2.24. The number of nitriles is 1. The fourth-order valence-corrected chi connectivity index (χ4v) is 3.54. The van der Waals surface area contributed by atoms with Crippen LogP contribution in [0.15, 0.2) is 24.3 Å². The molecule has 5 nitrogen and oxygen atoms in total. The predicted octanol–water partition coefficient (Wildman–Crippen LogP) is 2.18. The van der Waals surface area contributed by atoms with E-state index in [1.54, 1.807) is 34.9 Å². The summed E-state index contributed by atoms with van der Waals surface area (Å²) >= 11 is 1.57. The summed E-state index contributed by atoms with van der Waals surface area (Å²) in [6.45, 7) is 5.76. The number of nitrogens with zero attached hydrogens (tertiary/aromatic N) is 2. The standard InChI is InChI=1S/C17H21N3O2S/c1-17(2,3)19-15(21)14-10-23-11-20(14)16(22)13-6-4-5-12(9-13)7-8-18/h4-6,9,14H,7,10-11H2,1-3H3,(H,19,21)/t14-/m1/s1. The second-order valence-corrected chi connectivity index (χ2v) is 7.56. The number of nitrogens with one attached hydrogen (secondary N) is 1. The fourth-order valence-electron chi connectivity index (χ4n) is 2.38. The Labute approximate surface area is 141 Å². The number of thioether (sulfide) groups is 1. The third-order valence-electron chi connectivity index (χ3n) is 3.40. The lowest BCUT2D eigenvalue weighted by Gasteiger charge is -2.27. The lowest BCUT2D eigenvalue weighted by atomic mass is 10.1. The highest BCUT2D eigenvalue weighted by atomic mass is 32.2. The minimum absolute atomic E-state index is 0.121. The third kappa shape index (κ3) is 4.49. The van der Waals surface area contributed by atoms with Gasteiger partial charge in [-0.1, -0.05) is 12.1 Å². The average Bonchev–Trinajstić information content (AvgIpc) is 2.95. The van der Waals surface area contributed by atoms with Crippen LogP contribution in [0.25, 0.3) is 0 Å². The van der Waals surface area contributed by atoms with Gasteiger partial charge in [0.25, 0.3) is 5.91 Å². The number of rotatable bonds is 3. The van der Waals surface area contributed by atoms with Gasteiger partial charge in [-0.25, -0.2) is 0 Å². The van der Waals surface area contributed by atoms with Crippen molar-refractivity contribution in [3.05, 3.63) is 35.4 Å². The zero-order valence-corrected chi connectivity index (χ0v) is 14.4. The Morgan fingerprint density at radius 1 is 1.43 bits per heavy atom. The molecule has 1 aliphatic heterocycles.